The van der Waals surface area contributed by atoms with Crippen LogP contribution in [0.3, 0.4) is 0 Å². The van der Waals surface area contributed by atoms with Crippen LogP contribution in [0.25, 0.3) is 22.5 Å². The number of hydrogen-bond acceptors (Lipinski definition) is 2. The fraction of sp³-hybridized carbons (Fsp3) is 0.500. The van der Waals surface area contributed by atoms with Gasteiger partial charge < -0.3 is 9.97 Å². The van der Waals surface area contributed by atoms with Crippen LogP contribution >= 0.6 is 0 Å². The molecular formula is C40H58HfN4. The first-order chi connectivity index (χ1) is 20.8. The first kappa shape index (κ1) is 37.3. The first-order valence-electron chi connectivity index (χ1n) is 16.8. The summed E-state index contributed by atoms with van der Waals surface area (Å²) in [6, 6.07) is 23.4. The summed E-state index contributed by atoms with van der Waals surface area (Å²) in [5.74, 6) is 1.92. The predicted octanol–water partition coefficient (Wildman–Crippen LogP) is 10.5. The Kier molecular flexibility index (Phi) is 13.3. The monoisotopic (exact) mass is 774 g/mol. The van der Waals surface area contributed by atoms with Gasteiger partial charge in [-0.3, -0.25) is 9.80 Å². The van der Waals surface area contributed by atoms with Crippen molar-refractivity contribution in [2.45, 2.75) is 118 Å². The molecule has 4 aromatic rings. The van der Waals surface area contributed by atoms with Gasteiger partial charge in [-0.2, -0.15) is 0 Å². The number of aromatic nitrogens is 2. The van der Waals surface area contributed by atoms with Crippen molar-refractivity contribution < 1.29 is 25.8 Å². The zero-order chi connectivity index (χ0) is 32.3. The standard InChI is InChI=1S/C40H58N4.Hf/c1-25(2)33-15-13-16-34(26(3)4)39(33)37-21-19-31(41-37)23-43(11)29(9)30(10)44(12)24-32-20-22-38(42-32)40-35(27(5)6)17-14-18-36(40)28(7)8;/h13-22,25-30,41-42H,23-24H2,1-12H3;. The predicted molar refractivity (Wildman–Crippen MR) is 191 cm³/mol. The summed E-state index contributed by atoms with van der Waals surface area (Å²) < 4.78 is 0. The molecule has 2 aromatic heterocycles. The maximum Gasteiger partial charge on any atom is 0.0462 e. The average Bonchev–Trinajstić information content (AvgIpc) is 3.64. The Bertz CT molecular complexity index is 1340. The minimum absolute atomic E-state index is 0. The number of H-pyrrole nitrogens is 2. The van der Waals surface area contributed by atoms with Crippen LogP contribution in [0, 0.1) is 0 Å². The summed E-state index contributed by atoms with van der Waals surface area (Å²) in [6.45, 7) is 24.8. The van der Waals surface area contributed by atoms with Gasteiger partial charge in [-0.25, -0.2) is 0 Å². The Morgan fingerprint density at radius 3 is 1.02 bits per heavy atom. The van der Waals surface area contributed by atoms with Crippen molar-refractivity contribution in [3.8, 4) is 22.5 Å². The minimum Gasteiger partial charge on any atom is -0.357 e. The SMILES string of the molecule is CC(C)c1cccc(C(C)C)c1-c1ccc(CN(C)C(C)C(C)N(C)Cc2ccc(-c3c(C(C)C)cccc3C(C)C)[nH]2)[nH]1.[Hf]. The Hall–Kier alpha value is -2.21. The molecular weight excluding hydrogens is 715 g/mol. The van der Waals surface area contributed by atoms with E-state index >= 15 is 0 Å². The van der Waals surface area contributed by atoms with Gasteiger partial charge in [0.15, 0.2) is 0 Å². The molecule has 0 aliphatic carbocycles. The van der Waals surface area contributed by atoms with E-state index in [4.69, 9.17) is 0 Å². The van der Waals surface area contributed by atoms with E-state index in [0.29, 0.717) is 35.8 Å². The number of benzene rings is 2. The third-order valence-electron chi connectivity index (χ3n) is 9.71. The zero-order valence-electron chi connectivity index (χ0n) is 30.0. The number of hydrogen-bond donors (Lipinski definition) is 2. The zero-order valence-corrected chi connectivity index (χ0v) is 33.6. The third kappa shape index (κ3) is 8.58. The molecule has 0 aliphatic rings. The molecule has 0 aliphatic heterocycles. The molecule has 4 nitrogen and oxygen atoms in total. The maximum atomic E-state index is 3.80. The second kappa shape index (κ2) is 16.1. The fourth-order valence-corrected chi connectivity index (χ4v) is 6.64. The van der Waals surface area contributed by atoms with E-state index in [2.05, 4.69) is 164 Å². The number of nitrogens with zero attached hydrogens (tertiary/aromatic N) is 2. The van der Waals surface area contributed by atoms with Crippen molar-refractivity contribution in [2.24, 2.45) is 0 Å². The molecule has 2 N–H and O–H groups in total. The summed E-state index contributed by atoms with van der Waals surface area (Å²) in [5.41, 5.74) is 13.4. The van der Waals surface area contributed by atoms with Crippen molar-refractivity contribution in [2.75, 3.05) is 14.1 Å². The van der Waals surface area contributed by atoms with Crippen LogP contribution in [-0.4, -0.2) is 45.9 Å². The first-order valence-corrected chi connectivity index (χ1v) is 16.8. The van der Waals surface area contributed by atoms with Gasteiger partial charge >= 0.3 is 0 Å². The maximum absolute atomic E-state index is 3.80. The second-order valence-corrected chi connectivity index (χ2v) is 14.3. The molecule has 4 rings (SSSR count). The summed E-state index contributed by atoms with van der Waals surface area (Å²) >= 11 is 0. The normalized spacial score (nSPS) is 13.5. The van der Waals surface area contributed by atoms with Crippen LogP contribution in [0.2, 0.25) is 0 Å². The van der Waals surface area contributed by atoms with Gasteiger partial charge in [0.05, 0.1) is 0 Å². The van der Waals surface area contributed by atoms with Crippen LogP contribution in [-0.2, 0) is 38.9 Å². The van der Waals surface area contributed by atoms with Crippen molar-refractivity contribution in [1.82, 2.24) is 19.8 Å². The van der Waals surface area contributed by atoms with E-state index in [0.717, 1.165) is 13.1 Å². The molecule has 242 valence electrons. The Morgan fingerprint density at radius 1 is 0.467 bits per heavy atom. The molecule has 0 fully saturated rings. The van der Waals surface area contributed by atoms with E-state index in [1.54, 1.807) is 0 Å². The molecule has 2 heterocycles. The van der Waals surface area contributed by atoms with Crippen LogP contribution in [0.4, 0.5) is 0 Å². The van der Waals surface area contributed by atoms with Crippen molar-refractivity contribution in [3.63, 3.8) is 0 Å². The van der Waals surface area contributed by atoms with Crippen LogP contribution < -0.4 is 0 Å². The Morgan fingerprint density at radius 2 is 0.756 bits per heavy atom. The molecule has 0 amide bonds. The molecule has 2 aromatic carbocycles. The van der Waals surface area contributed by atoms with E-state index in [-0.39, 0.29) is 25.8 Å². The van der Waals surface area contributed by atoms with Crippen LogP contribution in [0.5, 0.6) is 0 Å². The molecule has 5 heteroatoms. The molecule has 0 radical (unpaired) electrons. The summed E-state index contributed by atoms with van der Waals surface area (Å²) in [4.78, 5) is 12.5. The van der Waals surface area contributed by atoms with Crippen LogP contribution in [0.1, 0.15) is 127 Å². The van der Waals surface area contributed by atoms with Gasteiger partial charge in [0.25, 0.3) is 0 Å². The van der Waals surface area contributed by atoms with Crippen molar-refractivity contribution in [3.05, 3.63) is 94.3 Å². The molecule has 0 bridgehead atoms. The molecule has 0 saturated heterocycles. The van der Waals surface area contributed by atoms with Crippen LogP contribution in [0.15, 0.2) is 60.7 Å². The number of aromatic amines is 2. The van der Waals surface area contributed by atoms with Gasteiger partial charge in [-0.15, -0.1) is 0 Å². The van der Waals surface area contributed by atoms with E-state index in [1.165, 1.54) is 56.2 Å². The quantitative estimate of drug-likeness (QED) is 0.133. The smallest absolute Gasteiger partial charge is 0.0462 e. The van der Waals surface area contributed by atoms with E-state index < -0.39 is 0 Å². The van der Waals surface area contributed by atoms with Gasteiger partial charge in [0.2, 0.25) is 0 Å². The summed E-state index contributed by atoms with van der Waals surface area (Å²) in [7, 11) is 4.50. The van der Waals surface area contributed by atoms with Crippen molar-refractivity contribution >= 4 is 0 Å². The largest absolute Gasteiger partial charge is 0.357 e. The summed E-state index contributed by atoms with van der Waals surface area (Å²) in [6.07, 6.45) is 0. The van der Waals surface area contributed by atoms with Crippen molar-refractivity contribution in [1.29, 1.82) is 0 Å². The van der Waals surface area contributed by atoms with Gasteiger partial charge in [-0.1, -0.05) is 91.8 Å². The third-order valence-corrected chi connectivity index (χ3v) is 9.71. The topological polar surface area (TPSA) is 38.1 Å². The fourth-order valence-electron chi connectivity index (χ4n) is 6.64. The molecule has 2 atom stereocenters. The number of nitrogens with one attached hydrogen (secondary N) is 2. The number of likely N-dealkylation sites (N-methyl/N-ethyl adjacent to an activating group) is 2. The van der Waals surface area contributed by atoms with E-state index in [1.807, 2.05) is 0 Å². The number of rotatable bonds is 13. The van der Waals surface area contributed by atoms with Gasteiger partial charge in [-0.05, 0) is 98.1 Å². The average molecular weight is 773 g/mol. The second-order valence-electron chi connectivity index (χ2n) is 14.3. The molecule has 0 saturated carbocycles. The minimum atomic E-state index is 0. The van der Waals surface area contributed by atoms with Gasteiger partial charge in [0.1, 0.15) is 0 Å². The summed E-state index contributed by atoms with van der Waals surface area (Å²) in [5, 5.41) is 0. The van der Waals surface area contributed by atoms with Gasteiger partial charge in [0, 0.05) is 84.9 Å². The Balaban J connectivity index is 0.00000552. The molecule has 2 unspecified atom stereocenters. The Labute approximate surface area is 293 Å². The van der Waals surface area contributed by atoms with E-state index in [9.17, 15) is 0 Å². The molecule has 0 spiro atoms. The molecule has 45 heavy (non-hydrogen) atoms.